The number of hydrogen-bond donors (Lipinski definition) is 0. The summed E-state index contributed by atoms with van der Waals surface area (Å²) in [5.74, 6) is -1.71. The fourth-order valence-corrected chi connectivity index (χ4v) is 3.78. The molecule has 5 nitrogen and oxygen atoms in total. The number of aromatic nitrogens is 1. The van der Waals surface area contributed by atoms with Gasteiger partial charge in [0.05, 0.1) is 16.8 Å². The van der Waals surface area contributed by atoms with E-state index in [1.165, 1.54) is 36.5 Å². The normalized spacial score (nSPS) is 13.4. The lowest BCUT2D eigenvalue weighted by atomic mass is 10.00. The van der Waals surface area contributed by atoms with Crippen molar-refractivity contribution in [1.82, 2.24) is 9.41 Å². The summed E-state index contributed by atoms with van der Waals surface area (Å²) in [6.07, 6.45) is 1.49. The number of rotatable bonds is 3. The van der Waals surface area contributed by atoms with Crippen molar-refractivity contribution in [2.45, 2.75) is 0 Å². The zero-order valence-corrected chi connectivity index (χ0v) is 16.8. The molecule has 0 amide bonds. The molecule has 0 aliphatic carbocycles. The highest BCUT2D eigenvalue weighted by Gasteiger charge is 2.20. The summed E-state index contributed by atoms with van der Waals surface area (Å²) in [7, 11) is 1.74. The predicted molar refractivity (Wildman–Crippen MR) is 115 cm³/mol. The molecule has 8 heteroatoms. The van der Waals surface area contributed by atoms with E-state index in [0.29, 0.717) is 22.7 Å². The summed E-state index contributed by atoms with van der Waals surface area (Å²) in [5.41, 5.74) is 1.23. The fourth-order valence-electron chi connectivity index (χ4n) is 3.78. The molecule has 2 aromatic heterocycles. The minimum atomic E-state index is -0.744. The molecular formula is C24H16F3N3O2. The third-order valence-electron chi connectivity index (χ3n) is 5.24. The van der Waals surface area contributed by atoms with Crippen LogP contribution in [0.2, 0.25) is 0 Å². The highest BCUT2D eigenvalue weighted by molar-refractivity contribution is 5.96. The average Bonchev–Trinajstić information content (AvgIpc) is 3.20. The molecular weight excluding hydrogens is 419 g/mol. The van der Waals surface area contributed by atoms with Crippen LogP contribution in [0.1, 0.15) is 5.56 Å². The Labute approximate surface area is 180 Å². The van der Waals surface area contributed by atoms with E-state index in [2.05, 4.69) is 5.10 Å². The van der Waals surface area contributed by atoms with Gasteiger partial charge in [0.1, 0.15) is 17.5 Å². The molecule has 0 spiro atoms. The molecule has 0 atom stereocenters. The maximum Gasteiger partial charge on any atom is 0.240 e. The van der Waals surface area contributed by atoms with Gasteiger partial charge in [0, 0.05) is 42.1 Å². The van der Waals surface area contributed by atoms with Crippen molar-refractivity contribution >= 4 is 11.4 Å². The van der Waals surface area contributed by atoms with Gasteiger partial charge in [-0.1, -0.05) is 6.07 Å². The van der Waals surface area contributed by atoms with Gasteiger partial charge in [0.2, 0.25) is 5.90 Å². The quantitative estimate of drug-likeness (QED) is 0.471. The van der Waals surface area contributed by atoms with Crippen molar-refractivity contribution in [1.29, 1.82) is 0 Å². The number of fused-ring (bicyclic) bond motifs is 1. The first-order valence-corrected chi connectivity index (χ1v) is 9.75. The van der Waals surface area contributed by atoms with E-state index >= 15 is 0 Å². The minimum absolute atomic E-state index is 0.0724. The molecule has 160 valence electrons. The van der Waals surface area contributed by atoms with Crippen molar-refractivity contribution in [2.24, 2.45) is 5.10 Å². The Bertz CT molecular complexity index is 1460. The Morgan fingerprint density at radius 2 is 1.78 bits per heavy atom. The van der Waals surface area contributed by atoms with E-state index in [0.717, 1.165) is 12.1 Å². The highest BCUT2D eigenvalue weighted by atomic mass is 19.1. The smallest absolute Gasteiger partial charge is 0.240 e. The number of hydrogen-bond acceptors (Lipinski definition) is 4. The van der Waals surface area contributed by atoms with Crippen LogP contribution in [-0.4, -0.2) is 29.1 Å². The van der Waals surface area contributed by atoms with Crippen molar-refractivity contribution in [3.8, 4) is 22.4 Å². The van der Waals surface area contributed by atoms with Crippen molar-refractivity contribution in [3.05, 3.63) is 100 Å². The molecule has 0 saturated carbocycles. The first-order valence-electron chi connectivity index (χ1n) is 9.75. The molecule has 2 aromatic carbocycles. The van der Waals surface area contributed by atoms with Gasteiger partial charge in [-0.25, -0.2) is 13.2 Å². The van der Waals surface area contributed by atoms with Gasteiger partial charge in [-0.05, 0) is 42.5 Å². The SMILES string of the molecule is CN1COC(c2ccc(F)c(-c3c(=O)ccn4c(-c5ccc(F)cc5F)cccc34)c2)=N1. The maximum absolute atomic E-state index is 14.9. The average molecular weight is 435 g/mol. The van der Waals surface area contributed by atoms with Crippen molar-refractivity contribution < 1.29 is 17.9 Å². The van der Waals surface area contributed by atoms with Gasteiger partial charge < -0.3 is 9.14 Å². The molecule has 0 fully saturated rings. The number of pyridine rings is 2. The van der Waals surface area contributed by atoms with Gasteiger partial charge >= 0.3 is 0 Å². The second-order valence-electron chi connectivity index (χ2n) is 7.38. The van der Waals surface area contributed by atoms with Crippen LogP contribution in [0, 0.1) is 17.5 Å². The van der Waals surface area contributed by atoms with Crippen molar-refractivity contribution in [2.75, 3.05) is 13.8 Å². The number of halogens is 3. The van der Waals surface area contributed by atoms with Crippen LogP contribution in [0.25, 0.3) is 27.9 Å². The Morgan fingerprint density at radius 1 is 0.938 bits per heavy atom. The lowest BCUT2D eigenvalue weighted by molar-refractivity contribution is 0.199. The maximum atomic E-state index is 14.9. The molecule has 3 heterocycles. The second kappa shape index (κ2) is 7.56. The Kier molecular flexibility index (Phi) is 4.70. The molecule has 1 aliphatic heterocycles. The minimum Gasteiger partial charge on any atom is -0.453 e. The van der Waals surface area contributed by atoms with Gasteiger partial charge in [-0.2, -0.15) is 0 Å². The first kappa shape index (κ1) is 19.9. The molecule has 0 unspecified atom stereocenters. The standard InChI is InChI=1S/C24H16F3N3O2/c1-29-13-32-24(28-29)14-5-8-18(26)17(11-14)23-21-4-2-3-20(30(21)10-9-22(23)31)16-7-6-15(25)12-19(16)27/h2-12H,13H2,1H3. The van der Waals surface area contributed by atoms with E-state index in [4.69, 9.17) is 4.74 Å². The molecule has 32 heavy (non-hydrogen) atoms. The molecule has 4 aromatic rings. The predicted octanol–water partition coefficient (Wildman–Crippen LogP) is 4.63. The largest absolute Gasteiger partial charge is 0.453 e. The third-order valence-corrected chi connectivity index (χ3v) is 5.24. The number of hydrazone groups is 1. The van der Waals surface area contributed by atoms with Crippen LogP contribution in [0.5, 0.6) is 0 Å². The van der Waals surface area contributed by atoms with Gasteiger partial charge in [-0.15, -0.1) is 5.10 Å². The van der Waals surface area contributed by atoms with Gasteiger partial charge in [0.25, 0.3) is 0 Å². The molecule has 0 bridgehead atoms. The van der Waals surface area contributed by atoms with Crippen LogP contribution >= 0.6 is 0 Å². The zero-order valence-electron chi connectivity index (χ0n) is 16.8. The molecule has 1 aliphatic rings. The first-order chi connectivity index (χ1) is 15.4. The zero-order chi connectivity index (χ0) is 22.4. The topological polar surface area (TPSA) is 46.3 Å². The summed E-state index contributed by atoms with van der Waals surface area (Å²) >= 11 is 0. The van der Waals surface area contributed by atoms with E-state index in [1.807, 2.05) is 0 Å². The number of benzene rings is 2. The Hall–Kier alpha value is -4.07. The van der Waals surface area contributed by atoms with E-state index < -0.39 is 22.9 Å². The fraction of sp³-hybridized carbons (Fsp3) is 0.0833. The van der Waals surface area contributed by atoms with Gasteiger partial charge in [0.15, 0.2) is 12.2 Å². The Balaban J connectivity index is 1.75. The number of ether oxygens (including phenoxy) is 1. The van der Waals surface area contributed by atoms with Crippen LogP contribution in [0.15, 0.2) is 76.8 Å². The lowest BCUT2D eigenvalue weighted by Crippen LogP contribution is -2.10. The van der Waals surface area contributed by atoms with Crippen LogP contribution in [0.4, 0.5) is 13.2 Å². The Morgan fingerprint density at radius 3 is 2.53 bits per heavy atom. The monoisotopic (exact) mass is 435 g/mol. The second-order valence-corrected chi connectivity index (χ2v) is 7.38. The number of nitrogens with zero attached hydrogens (tertiary/aromatic N) is 3. The summed E-state index contributed by atoms with van der Waals surface area (Å²) in [6, 6.07) is 13.8. The molecule has 0 saturated heterocycles. The van der Waals surface area contributed by atoms with E-state index in [-0.39, 0.29) is 23.4 Å². The van der Waals surface area contributed by atoms with Crippen LogP contribution in [-0.2, 0) is 4.74 Å². The van der Waals surface area contributed by atoms with E-state index in [9.17, 15) is 18.0 Å². The summed E-state index contributed by atoms with van der Waals surface area (Å²) in [6.45, 7) is 0.269. The third kappa shape index (κ3) is 3.30. The van der Waals surface area contributed by atoms with Gasteiger partial charge in [-0.3, -0.25) is 9.80 Å². The van der Waals surface area contributed by atoms with Crippen LogP contribution in [0.3, 0.4) is 0 Å². The lowest BCUT2D eigenvalue weighted by Gasteiger charge is -2.14. The molecule has 0 N–H and O–H groups in total. The molecule has 0 radical (unpaired) electrons. The summed E-state index contributed by atoms with van der Waals surface area (Å²) < 4.78 is 49.9. The molecule has 5 rings (SSSR count). The van der Waals surface area contributed by atoms with E-state index in [1.54, 1.807) is 34.7 Å². The van der Waals surface area contributed by atoms with Crippen LogP contribution < -0.4 is 5.43 Å². The summed E-state index contributed by atoms with van der Waals surface area (Å²) in [4.78, 5) is 12.9. The van der Waals surface area contributed by atoms with Crippen molar-refractivity contribution in [3.63, 3.8) is 0 Å². The highest BCUT2D eigenvalue weighted by Crippen LogP contribution is 2.30. The summed E-state index contributed by atoms with van der Waals surface area (Å²) in [5, 5.41) is 5.82.